The van der Waals surface area contributed by atoms with Crippen LogP contribution < -0.4 is 10.2 Å². The van der Waals surface area contributed by atoms with Gasteiger partial charge in [0.25, 0.3) is 9.04 Å². The second-order valence-corrected chi connectivity index (χ2v) is 10.2. The molecule has 0 spiro atoms. The number of imidazole rings is 1. The van der Waals surface area contributed by atoms with Gasteiger partial charge in [0.1, 0.15) is 23.3 Å². The molecular weight excluding hydrogens is 462 g/mol. The highest BCUT2D eigenvalue weighted by Gasteiger charge is 2.29. The van der Waals surface area contributed by atoms with Crippen molar-refractivity contribution in [1.29, 1.82) is 0 Å². The van der Waals surface area contributed by atoms with Crippen LogP contribution in [0, 0.1) is 11.8 Å². The monoisotopic (exact) mass is 492 g/mol. The van der Waals surface area contributed by atoms with Gasteiger partial charge in [0.15, 0.2) is 0 Å². The predicted molar refractivity (Wildman–Crippen MR) is 135 cm³/mol. The predicted octanol–water partition coefficient (Wildman–Crippen LogP) is 0.372. The van der Waals surface area contributed by atoms with Gasteiger partial charge in [-0.05, 0) is 41.9 Å². The first-order valence-corrected chi connectivity index (χ1v) is 13.5. The molecule has 0 bridgehead atoms. The van der Waals surface area contributed by atoms with Crippen molar-refractivity contribution in [2.75, 3.05) is 32.8 Å². The van der Waals surface area contributed by atoms with Gasteiger partial charge in [-0.2, -0.15) is 0 Å². The topological polar surface area (TPSA) is 111 Å². The summed E-state index contributed by atoms with van der Waals surface area (Å²) in [7, 11) is -1.74. The molecule has 1 radical (unpaired) electrons. The van der Waals surface area contributed by atoms with Gasteiger partial charge in [-0.15, -0.1) is 0 Å². The van der Waals surface area contributed by atoms with E-state index in [1.165, 1.54) is 0 Å². The molecular formula is C26H30N3O5Si. The van der Waals surface area contributed by atoms with Gasteiger partial charge in [-0.1, -0.05) is 36.1 Å². The minimum Gasteiger partial charge on any atom is -0.488 e. The highest BCUT2D eigenvalue weighted by Crippen LogP contribution is 2.24. The lowest BCUT2D eigenvalue weighted by Crippen LogP contribution is -2.56. The number of aromatic nitrogens is 2. The van der Waals surface area contributed by atoms with Crippen molar-refractivity contribution in [1.82, 2.24) is 14.5 Å². The number of ether oxygens (including phenoxy) is 1. The third-order valence-corrected chi connectivity index (χ3v) is 6.90. The van der Waals surface area contributed by atoms with Gasteiger partial charge in [0.2, 0.25) is 0 Å². The smallest absolute Gasteiger partial charge is 0.283 e. The Labute approximate surface area is 206 Å². The maximum absolute atomic E-state index is 9.95. The maximum Gasteiger partial charge on any atom is 0.283 e. The number of aliphatic hydroxyl groups excluding tert-OH is 3. The fourth-order valence-electron chi connectivity index (χ4n) is 3.98. The largest absolute Gasteiger partial charge is 0.488 e. The number of nitrogens with zero attached hydrogens (tertiary/aromatic N) is 3. The third kappa shape index (κ3) is 6.38. The summed E-state index contributed by atoms with van der Waals surface area (Å²) in [6.07, 6.45) is 2.73. The van der Waals surface area contributed by atoms with Gasteiger partial charge in [0.05, 0.1) is 19.3 Å². The van der Waals surface area contributed by atoms with Gasteiger partial charge in [-0.25, -0.2) is 4.98 Å². The van der Waals surface area contributed by atoms with E-state index in [2.05, 4.69) is 21.7 Å². The van der Waals surface area contributed by atoms with Crippen molar-refractivity contribution in [3.05, 3.63) is 66.5 Å². The van der Waals surface area contributed by atoms with Gasteiger partial charge in [-0.3, -0.25) is 4.90 Å². The third-order valence-electron chi connectivity index (χ3n) is 5.86. The zero-order valence-electron chi connectivity index (χ0n) is 19.6. The molecule has 1 aliphatic heterocycles. The van der Waals surface area contributed by atoms with E-state index < -0.39 is 21.2 Å². The van der Waals surface area contributed by atoms with Crippen LogP contribution in [0.15, 0.2) is 60.9 Å². The zero-order chi connectivity index (χ0) is 24.8. The first-order chi connectivity index (χ1) is 17.0. The Morgan fingerprint density at radius 3 is 2.31 bits per heavy atom. The molecule has 0 amide bonds. The summed E-state index contributed by atoms with van der Waals surface area (Å²) < 4.78 is 7.71. The van der Waals surface area contributed by atoms with Crippen molar-refractivity contribution < 1.29 is 24.9 Å². The molecule has 9 heteroatoms. The lowest BCUT2D eigenvalue weighted by atomic mass is 10.0. The number of aliphatic hydroxyl groups is 3. The number of likely N-dealkylation sites (tertiary alicyclic amines) is 1. The number of rotatable bonds is 9. The van der Waals surface area contributed by atoms with E-state index in [0.717, 1.165) is 35.5 Å². The highest BCUT2D eigenvalue weighted by atomic mass is 28.3. The number of benzene rings is 2. The van der Waals surface area contributed by atoms with Crippen molar-refractivity contribution in [2.45, 2.75) is 24.8 Å². The molecule has 35 heavy (non-hydrogen) atoms. The van der Waals surface area contributed by atoms with E-state index in [1.807, 2.05) is 48.5 Å². The molecule has 1 unspecified atom stereocenters. The van der Waals surface area contributed by atoms with Crippen LogP contribution in [0.2, 0.25) is 6.55 Å². The Hall–Kier alpha value is -2.97. The van der Waals surface area contributed by atoms with E-state index in [-0.39, 0.29) is 19.3 Å². The van der Waals surface area contributed by atoms with Crippen molar-refractivity contribution in [3.8, 4) is 28.7 Å². The first kappa shape index (κ1) is 25.1. The van der Waals surface area contributed by atoms with Gasteiger partial charge in [0, 0.05) is 37.6 Å². The summed E-state index contributed by atoms with van der Waals surface area (Å²) in [5.74, 6) is 6.99. The summed E-state index contributed by atoms with van der Waals surface area (Å²) in [4.78, 5) is 16.2. The molecule has 1 fully saturated rings. The van der Waals surface area contributed by atoms with E-state index in [9.17, 15) is 15.0 Å². The molecule has 2 aromatic carbocycles. The van der Waals surface area contributed by atoms with E-state index in [0.29, 0.717) is 12.0 Å². The normalized spacial score (nSPS) is 15.8. The summed E-state index contributed by atoms with van der Waals surface area (Å²) >= 11 is 0. The molecule has 183 valence electrons. The minimum atomic E-state index is -1.74. The first-order valence-electron chi connectivity index (χ1n) is 11.5. The second kappa shape index (κ2) is 11.6. The Balaban J connectivity index is 1.34. The van der Waals surface area contributed by atoms with E-state index >= 15 is 0 Å². The van der Waals surface area contributed by atoms with Crippen molar-refractivity contribution in [3.63, 3.8) is 0 Å². The Kier molecular flexibility index (Phi) is 8.36. The van der Waals surface area contributed by atoms with Crippen LogP contribution in [0.4, 0.5) is 0 Å². The molecule has 2 heterocycles. The molecule has 8 nitrogen and oxygen atoms in total. The molecule has 2 atom stereocenters. The second-order valence-electron chi connectivity index (χ2n) is 8.61. The summed E-state index contributed by atoms with van der Waals surface area (Å²) in [5.41, 5.74) is 3.53. The van der Waals surface area contributed by atoms with Gasteiger partial charge < -0.3 is 29.4 Å². The quantitative estimate of drug-likeness (QED) is 0.252. The molecule has 1 saturated heterocycles. The number of β-amino-alcohol motifs (C(OH)–C–C–N with tert-alkyl or cyclic N) is 1. The van der Waals surface area contributed by atoms with Crippen LogP contribution in [-0.2, 0) is 0 Å². The van der Waals surface area contributed by atoms with Crippen LogP contribution >= 0.6 is 0 Å². The van der Waals surface area contributed by atoms with Crippen LogP contribution in [0.1, 0.15) is 11.6 Å². The Bertz CT molecular complexity index is 1150. The van der Waals surface area contributed by atoms with Crippen molar-refractivity contribution in [2.24, 2.45) is 0 Å². The minimum absolute atomic E-state index is 0.0908. The van der Waals surface area contributed by atoms with Crippen LogP contribution in [0.3, 0.4) is 0 Å². The lowest BCUT2D eigenvalue weighted by molar-refractivity contribution is -0.0201. The van der Waals surface area contributed by atoms with Crippen LogP contribution in [0.5, 0.6) is 5.75 Å². The molecule has 4 rings (SSSR count). The van der Waals surface area contributed by atoms with Gasteiger partial charge >= 0.3 is 0 Å². The lowest BCUT2D eigenvalue weighted by Gasteiger charge is -2.39. The molecule has 1 aromatic heterocycles. The fraction of sp³-hybridized carbons (Fsp3) is 0.346. The summed E-state index contributed by atoms with van der Waals surface area (Å²) in [5, 5.41) is 28.2. The molecule has 1 aliphatic rings. The Morgan fingerprint density at radius 2 is 1.71 bits per heavy atom. The van der Waals surface area contributed by atoms with Crippen LogP contribution in [-0.4, -0.2) is 88.7 Å². The number of hydrogen-bond donors (Lipinski definition) is 4. The molecule has 3 aromatic rings. The molecule has 0 saturated carbocycles. The standard InChI is InChI=1S/C26H30N3O5Si/c1-35(33)26-27-12-13-29(26)22(17-30)9-4-19-2-5-20(6-3-19)21-7-10-24(11-8-21)34-25-15-28(16-25)14-23(32)18-31/h2-3,5-8,10-13,22-23,25,30-33H,14-18H2,1H3/t22?,23-/m1/s1. The molecule has 4 N–H and O–H groups in total. The maximum atomic E-state index is 9.95. The molecule has 0 aliphatic carbocycles. The number of hydrogen-bond acceptors (Lipinski definition) is 7. The Morgan fingerprint density at radius 1 is 1.06 bits per heavy atom. The van der Waals surface area contributed by atoms with E-state index in [1.54, 1.807) is 23.5 Å². The zero-order valence-corrected chi connectivity index (χ0v) is 20.6. The average molecular weight is 493 g/mol. The van der Waals surface area contributed by atoms with Crippen LogP contribution in [0.25, 0.3) is 11.1 Å². The highest BCUT2D eigenvalue weighted by molar-refractivity contribution is 6.63. The fourth-order valence-corrected chi connectivity index (χ4v) is 4.85. The van der Waals surface area contributed by atoms with E-state index in [4.69, 9.17) is 9.84 Å². The van der Waals surface area contributed by atoms with Crippen molar-refractivity contribution >= 4 is 14.5 Å². The average Bonchev–Trinajstić information content (AvgIpc) is 3.34. The summed E-state index contributed by atoms with van der Waals surface area (Å²) in [6.45, 7) is 3.28. The summed E-state index contributed by atoms with van der Waals surface area (Å²) in [6, 6.07) is 15.4. The SMILES string of the molecule is C[Si](O)c1nccn1C(C#Cc1ccc(-c2ccc(OC3CN(C[C@@H](O)CO)C3)cc2)cc1)CO.